The van der Waals surface area contributed by atoms with Crippen molar-refractivity contribution in [3.8, 4) is 11.1 Å². The molecular weight excluding hydrogens is 194 g/mol. The molecule has 77 valence electrons. The quantitative estimate of drug-likeness (QED) is 0.620. The predicted molar refractivity (Wildman–Crippen MR) is 67.3 cm³/mol. The SMILES string of the molecule is Cc1cc[c]cc1-c1ccc2[nH]ccc2c1. The van der Waals surface area contributed by atoms with Crippen LogP contribution >= 0.6 is 0 Å². The Morgan fingerprint density at radius 1 is 1.12 bits per heavy atom. The average Bonchev–Trinajstić information content (AvgIpc) is 2.76. The molecule has 0 spiro atoms. The molecule has 1 aromatic heterocycles. The van der Waals surface area contributed by atoms with Gasteiger partial charge in [0.15, 0.2) is 0 Å². The molecule has 1 nitrogen and oxygen atoms in total. The highest BCUT2D eigenvalue weighted by Gasteiger charge is 2.02. The lowest BCUT2D eigenvalue weighted by Crippen LogP contribution is -1.82. The van der Waals surface area contributed by atoms with Gasteiger partial charge in [0.25, 0.3) is 0 Å². The van der Waals surface area contributed by atoms with Crippen LogP contribution in [0.2, 0.25) is 0 Å². The first-order valence-corrected chi connectivity index (χ1v) is 5.39. The summed E-state index contributed by atoms with van der Waals surface area (Å²) < 4.78 is 0. The van der Waals surface area contributed by atoms with E-state index in [1.807, 2.05) is 18.3 Å². The maximum absolute atomic E-state index is 3.21. The van der Waals surface area contributed by atoms with Gasteiger partial charge in [-0.1, -0.05) is 18.2 Å². The molecule has 16 heavy (non-hydrogen) atoms. The van der Waals surface area contributed by atoms with Crippen molar-refractivity contribution < 1.29 is 0 Å². The summed E-state index contributed by atoms with van der Waals surface area (Å²) in [4.78, 5) is 3.21. The minimum atomic E-state index is 1.18. The van der Waals surface area contributed by atoms with E-state index in [4.69, 9.17) is 0 Å². The van der Waals surface area contributed by atoms with Crippen LogP contribution in [-0.4, -0.2) is 4.98 Å². The Morgan fingerprint density at radius 3 is 2.94 bits per heavy atom. The molecule has 0 aliphatic heterocycles. The zero-order valence-corrected chi connectivity index (χ0v) is 9.12. The third-order valence-electron chi connectivity index (χ3n) is 2.95. The van der Waals surface area contributed by atoms with E-state index in [0.717, 1.165) is 0 Å². The summed E-state index contributed by atoms with van der Waals surface area (Å²) in [5.41, 5.74) is 4.97. The van der Waals surface area contributed by atoms with Crippen LogP contribution in [0.1, 0.15) is 5.56 Å². The lowest BCUT2D eigenvalue weighted by molar-refractivity contribution is 1.45. The summed E-state index contributed by atoms with van der Waals surface area (Å²) >= 11 is 0. The summed E-state index contributed by atoms with van der Waals surface area (Å²) in [6.45, 7) is 2.13. The summed E-state index contributed by atoms with van der Waals surface area (Å²) in [5.74, 6) is 0. The van der Waals surface area contributed by atoms with E-state index in [2.05, 4.69) is 48.3 Å². The molecule has 1 heterocycles. The molecule has 0 amide bonds. The molecule has 0 saturated heterocycles. The maximum atomic E-state index is 3.21. The van der Waals surface area contributed by atoms with Crippen molar-refractivity contribution in [2.24, 2.45) is 0 Å². The van der Waals surface area contributed by atoms with Gasteiger partial charge in [0, 0.05) is 11.7 Å². The van der Waals surface area contributed by atoms with Crippen LogP contribution in [0.25, 0.3) is 22.0 Å². The summed E-state index contributed by atoms with van der Waals surface area (Å²) in [7, 11) is 0. The highest BCUT2D eigenvalue weighted by Crippen LogP contribution is 2.26. The Morgan fingerprint density at radius 2 is 2.06 bits per heavy atom. The van der Waals surface area contributed by atoms with Crippen molar-refractivity contribution in [1.29, 1.82) is 0 Å². The van der Waals surface area contributed by atoms with E-state index in [0.29, 0.717) is 0 Å². The molecule has 0 aliphatic rings. The second kappa shape index (κ2) is 3.53. The average molecular weight is 206 g/mol. The van der Waals surface area contributed by atoms with Crippen molar-refractivity contribution in [3.05, 3.63) is 60.3 Å². The van der Waals surface area contributed by atoms with Crippen LogP contribution in [0.3, 0.4) is 0 Å². The lowest BCUT2D eigenvalue weighted by Gasteiger charge is -2.05. The second-order valence-corrected chi connectivity index (χ2v) is 4.02. The number of aromatic amines is 1. The van der Waals surface area contributed by atoms with E-state index in [1.165, 1.54) is 27.6 Å². The van der Waals surface area contributed by atoms with Gasteiger partial charge in [-0.2, -0.15) is 0 Å². The van der Waals surface area contributed by atoms with Crippen molar-refractivity contribution in [2.45, 2.75) is 6.92 Å². The minimum absolute atomic E-state index is 1.18. The van der Waals surface area contributed by atoms with Gasteiger partial charge in [0.2, 0.25) is 0 Å². The molecule has 0 aliphatic carbocycles. The molecule has 1 radical (unpaired) electrons. The van der Waals surface area contributed by atoms with Crippen LogP contribution in [0, 0.1) is 13.0 Å². The Hall–Kier alpha value is -2.02. The third kappa shape index (κ3) is 1.41. The van der Waals surface area contributed by atoms with E-state index in [9.17, 15) is 0 Å². The largest absolute Gasteiger partial charge is 0.361 e. The Labute approximate surface area is 94.7 Å². The molecule has 0 bridgehead atoms. The molecule has 3 aromatic rings. The zero-order valence-electron chi connectivity index (χ0n) is 9.12. The molecule has 3 rings (SSSR count). The number of aryl methyl sites for hydroxylation is 1. The van der Waals surface area contributed by atoms with E-state index >= 15 is 0 Å². The topological polar surface area (TPSA) is 15.8 Å². The molecular formula is C15H12N. The van der Waals surface area contributed by atoms with Crippen LogP contribution < -0.4 is 0 Å². The smallest absolute Gasteiger partial charge is 0.0454 e. The monoisotopic (exact) mass is 206 g/mol. The van der Waals surface area contributed by atoms with E-state index in [1.54, 1.807) is 0 Å². The van der Waals surface area contributed by atoms with Gasteiger partial charge in [0.05, 0.1) is 0 Å². The van der Waals surface area contributed by atoms with E-state index in [-0.39, 0.29) is 0 Å². The summed E-state index contributed by atoms with van der Waals surface area (Å²) in [6.07, 6.45) is 1.97. The lowest BCUT2D eigenvalue weighted by atomic mass is 10.00. The normalized spacial score (nSPS) is 10.8. The fourth-order valence-electron chi connectivity index (χ4n) is 2.04. The molecule has 2 aromatic carbocycles. The van der Waals surface area contributed by atoms with Crippen molar-refractivity contribution in [2.75, 3.05) is 0 Å². The van der Waals surface area contributed by atoms with E-state index < -0.39 is 0 Å². The molecule has 0 fully saturated rings. The molecule has 1 heteroatoms. The highest BCUT2D eigenvalue weighted by molar-refractivity contribution is 5.85. The van der Waals surface area contributed by atoms with Crippen LogP contribution in [0.4, 0.5) is 0 Å². The number of nitrogens with one attached hydrogen (secondary N) is 1. The first-order chi connectivity index (χ1) is 7.84. The van der Waals surface area contributed by atoms with Crippen molar-refractivity contribution in [1.82, 2.24) is 4.98 Å². The molecule has 0 atom stereocenters. The van der Waals surface area contributed by atoms with Gasteiger partial charge in [-0.3, -0.25) is 0 Å². The fourth-order valence-corrected chi connectivity index (χ4v) is 2.04. The third-order valence-corrected chi connectivity index (χ3v) is 2.95. The number of H-pyrrole nitrogens is 1. The van der Waals surface area contributed by atoms with Crippen LogP contribution in [0.5, 0.6) is 0 Å². The molecule has 1 N–H and O–H groups in total. The zero-order chi connectivity index (χ0) is 11.0. The number of hydrogen-bond acceptors (Lipinski definition) is 0. The standard InChI is InChI=1S/C15H12N/c1-11-4-2-3-5-14(11)12-6-7-15-13(10-12)8-9-16-15/h2,4-10,16H,1H3. The Kier molecular flexibility index (Phi) is 2.03. The first-order valence-electron chi connectivity index (χ1n) is 5.39. The van der Waals surface area contributed by atoms with Gasteiger partial charge < -0.3 is 4.98 Å². The van der Waals surface area contributed by atoms with Crippen molar-refractivity contribution >= 4 is 10.9 Å². The first kappa shape index (κ1) is 9.22. The molecule has 0 unspecified atom stereocenters. The highest BCUT2D eigenvalue weighted by atomic mass is 14.7. The fraction of sp³-hybridized carbons (Fsp3) is 0.0667. The van der Waals surface area contributed by atoms with Crippen LogP contribution in [0.15, 0.2) is 48.7 Å². The predicted octanol–water partition coefficient (Wildman–Crippen LogP) is 3.94. The number of benzene rings is 2. The van der Waals surface area contributed by atoms with Crippen LogP contribution in [-0.2, 0) is 0 Å². The molecule has 0 saturated carbocycles. The maximum Gasteiger partial charge on any atom is 0.0454 e. The van der Waals surface area contributed by atoms with Gasteiger partial charge in [-0.25, -0.2) is 0 Å². The van der Waals surface area contributed by atoms with Gasteiger partial charge in [-0.05, 0) is 59.3 Å². The number of hydrogen-bond donors (Lipinski definition) is 1. The van der Waals surface area contributed by atoms with Crippen molar-refractivity contribution in [3.63, 3.8) is 0 Å². The van der Waals surface area contributed by atoms with Gasteiger partial charge in [-0.15, -0.1) is 0 Å². The van der Waals surface area contributed by atoms with Gasteiger partial charge in [0.1, 0.15) is 0 Å². The number of rotatable bonds is 1. The number of fused-ring (bicyclic) bond motifs is 1. The number of aromatic nitrogens is 1. The Bertz CT molecular complexity index is 634. The summed E-state index contributed by atoms with van der Waals surface area (Å²) in [6, 6.07) is 17.8. The summed E-state index contributed by atoms with van der Waals surface area (Å²) in [5, 5.41) is 1.25. The minimum Gasteiger partial charge on any atom is -0.361 e. The second-order valence-electron chi connectivity index (χ2n) is 4.02. The Balaban J connectivity index is 2.22. The van der Waals surface area contributed by atoms with Gasteiger partial charge >= 0.3 is 0 Å².